The number of pyridine rings is 1. The molecular formula is C11H18ClN3. The first kappa shape index (κ1) is 12.3. The molecule has 0 saturated heterocycles. The predicted molar refractivity (Wildman–Crippen MR) is 65.7 cm³/mol. The van der Waals surface area contributed by atoms with E-state index in [1.807, 2.05) is 19.2 Å². The highest BCUT2D eigenvalue weighted by Crippen LogP contribution is 2.12. The van der Waals surface area contributed by atoms with Crippen molar-refractivity contribution in [2.75, 3.05) is 25.0 Å². The number of anilines is 1. The maximum atomic E-state index is 5.77. The molecule has 0 amide bonds. The van der Waals surface area contributed by atoms with Crippen LogP contribution >= 0.6 is 11.6 Å². The number of rotatable bonds is 5. The van der Waals surface area contributed by atoms with Gasteiger partial charge in [-0.1, -0.05) is 25.4 Å². The van der Waals surface area contributed by atoms with Gasteiger partial charge in [0.1, 0.15) is 5.82 Å². The third-order valence-electron chi connectivity index (χ3n) is 2.10. The fourth-order valence-corrected chi connectivity index (χ4v) is 1.34. The Morgan fingerprint density at radius 3 is 2.73 bits per heavy atom. The molecule has 1 aromatic heterocycles. The standard InChI is InChI=1S/C11H18ClN3/c1-9(2)13-6-7-15(3)11-5-4-10(12)8-14-11/h4-5,8-9,13H,6-7H2,1-3H3. The van der Waals surface area contributed by atoms with Gasteiger partial charge < -0.3 is 10.2 Å². The molecule has 0 atom stereocenters. The quantitative estimate of drug-likeness (QED) is 0.836. The summed E-state index contributed by atoms with van der Waals surface area (Å²) in [7, 11) is 2.03. The molecule has 0 bridgehead atoms. The average Bonchev–Trinajstić information content (AvgIpc) is 2.18. The zero-order chi connectivity index (χ0) is 11.3. The zero-order valence-electron chi connectivity index (χ0n) is 9.50. The van der Waals surface area contributed by atoms with Crippen LogP contribution in [0.3, 0.4) is 0 Å². The Hall–Kier alpha value is -0.800. The lowest BCUT2D eigenvalue weighted by atomic mass is 10.4. The lowest BCUT2D eigenvalue weighted by Crippen LogP contribution is -2.33. The van der Waals surface area contributed by atoms with Gasteiger partial charge in [-0.2, -0.15) is 0 Å². The number of nitrogens with one attached hydrogen (secondary N) is 1. The Labute approximate surface area is 96.5 Å². The van der Waals surface area contributed by atoms with Gasteiger partial charge in [0.2, 0.25) is 0 Å². The largest absolute Gasteiger partial charge is 0.358 e. The summed E-state index contributed by atoms with van der Waals surface area (Å²) >= 11 is 5.77. The minimum absolute atomic E-state index is 0.525. The van der Waals surface area contributed by atoms with Crippen LogP contribution in [0.25, 0.3) is 0 Å². The molecule has 0 aliphatic rings. The van der Waals surface area contributed by atoms with Gasteiger partial charge in [-0.3, -0.25) is 0 Å². The number of hydrogen-bond donors (Lipinski definition) is 1. The molecule has 1 rings (SSSR count). The van der Waals surface area contributed by atoms with E-state index in [4.69, 9.17) is 11.6 Å². The topological polar surface area (TPSA) is 28.2 Å². The Kier molecular flexibility index (Phi) is 4.85. The van der Waals surface area contributed by atoms with Crippen LogP contribution in [-0.4, -0.2) is 31.2 Å². The molecule has 0 saturated carbocycles. The summed E-state index contributed by atoms with van der Waals surface area (Å²) in [4.78, 5) is 6.35. The Balaban J connectivity index is 2.40. The van der Waals surface area contributed by atoms with E-state index in [1.165, 1.54) is 0 Å². The second-order valence-corrected chi connectivity index (χ2v) is 4.30. The van der Waals surface area contributed by atoms with Crippen LogP contribution in [0.1, 0.15) is 13.8 Å². The fraction of sp³-hybridized carbons (Fsp3) is 0.545. The van der Waals surface area contributed by atoms with E-state index in [0.29, 0.717) is 11.1 Å². The van der Waals surface area contributed by atoms with Crippen LogP contribution in [0.5, 0.6) is 0 Å². The molecule has 0 unspecified atom stereocenters. The minimum Gasteiger partial charge on any atom is -0.358 e. The molecule has 0 fully saturated rings. The van der Waals surface area contributed by atoms with Crippen LogP contribution < -0.4 is 10.2 Å². The number of aromatic nitrogens is 1. The van der Waals surface area contributed by atoms with E-state index < -0.39 is 0 Å². The third-order valence-corrected chi connectivity index (χ3v) is 2.33. The maximum absolute atomic E-state index is 5.77. The number of likely N-dealkylation sites (N-methyl/N-ethyl adjacent to an activating group) is 1. The Bertz CT molecular complexity index is 284. The average molecular weight is 228 g/mol. The molecule has 0 aliphatic heterocycles. The first-order chi connectivity index (χ1) is 7.09. The second-order valence-electron chi connectivity index (χ2n) is 3.86. The first-order valence-electron chi connectivity index (χ1n) is 5.15. The summed E-state index contributed by atoms with van der Waals surface area (Å²) in [5, 5.41) is 4.04. The summed E-state index contributed by atoms with van der Waals surface area (Å²) in [5.41, 5.74) is 0. The van der Waals surface area contributed by atoms with E-state index in [-0.39, 0.29) is 0 Å². The van der Waals surface area contributed by atoms with E-state index >= 15 is 0 Å². The Morgan fingerprint density at radius 2 is 2.20 bits per heavy atom. The molecule has 0 aliphatic carbocycles. The zero-order valence-corrected chi connectivity index (χ0v) is 10.3. The van der Waals surface area contributed by atoms with Crippen molar-refractivity contribution in [3.63, 3.8) is 0 Å². The van der Waals surface area contributed by atoms with Crippen molar-refractivity contribution < 1.29 is 0 Å². The smallest absolute Gasteiger partial charge is 0.128 e. The van der Waals surface area contributed by atoms with Gasteiger partial charge in [-0.25, -0.2) is 4.98 Å². The molecule has 0 aromatic carbocycles. The van der Waals surface area contributed by atoms with Crippen molar-refractivity contribution >= 4 is 17.4 Å². The highest BCUT2D eigenvalue weighted by Gasteiger charge is 2.01. The molecule has 3 nitrogen and oxygen atoms in total. The number of halogens is 1. The van der Waals surface area contributed by atoms with Crippen LogP contribution in [0, 0.1) is 0 Å². The SMILES string of the molecule is CC(C)NCCN(C)c1ccc(Cl)cn1. The van der Waals surface area contributed by atoms with Gasteiger partial charge in [0.25, 0.3) is 0 Å². The lowest BCUT2D eigenvalue weighted by molar-refractivity contribution is 0.588. The van der Waals surface area contributed by atoms with Crippen molar-refractivity contribution in [2.45, 2.75) is 19.9 Å². The van der Waals surface area contributed by atoms with Crippen molar-refractivity contribution in [1.82, 2.24) is 10.3 Å². The van der Waals surface area contributed by atoms with Gasteiger partial charge >= 0.3 is 0 Å². The van der Waals surface area contributed by atoms with Crippen molar-refractivity contribution in [2.24, 2.45) is 0 Å². The van der Waals surface area contributed by atoms with Crippen LogP contribution in [0.4, 0.5) is 5.82 Å². The van der Waals surface area contributed by atoms with E-state index in [9.17, 15) is 0 Å². The molecule has 1 heterocycles. The van der Waals surface area contributed by atoms with Gasteiger partial charge in [0, 0.05) is 32.4 Å². The molecular weight excluding hydrogens is 210 g/mol. The molecule has 1 aromatic rings. The fourth-order valence-electron chi connectivity index (χ4n) is 1.23. The summed E-state index contributed by atoms with van der Waals surface area (Å²) in [5.74, 6) is 0.949. The summed E-state index contributed by atoms with van der Waals surface area (Å²) < 4.78 is 0. The predicted octanol–water partition coefficient (Wildman–Crippen LogP) is 2.17. The third kappa shape index (κ3) is 4.49. The van der Waals surface area contributed by atoms with Crippen LogP contribution in [0.2, 0.25) is 5.02 Å². The summed E-state index contributed by atoms with van der Waals surface area (Å²) in [6.07, 6.45) is 1.67. The van der Waals surface area contributed by atoms with E-state index in [0.717, 1.165) is 18.9 Å². The lowest BCUT2D eigenvalue weighted by Gasteiger charge is -2.19. The highest BCUT2D eigenvalue weighted by atomic mass is 35.5. The van der Waals surface area contributed by atoms with Crippen molar-refractivity contribution in [3.8, 4) is 0 Å². The van der Waals surface area contributed by atoms with Crippen molar-refractivity contribution in [3.05, 3.63) is 23.4 Å². The van der Waals surface area contributed by atoms with Gasteiger partial charge in [-0.15, -0.1) is 0 Å². The highest BCUT2D eigenvalue weighted by molar-refractivity contribution is 6.30. The van der Waals surface area contributed by atoms with Crippen LogP contribution in [-0.2, 0) is 0 Å². The molecule has 0 radical (unpaired) electrons. The molecule has 15 heavy (non-hydrogen) atoms. The second kappa shape index (κ2) is 5.93. The number of nitrogens with zero attached hydrogens (tertiary/aromatic N) is 2. The molecule has 4 heteroatoms. The van der Waals surface area contributed by atoms with Gasteiger partial charge in [0.05, 0.1) is 5.02 Å². The summed E-state index contributed by atoms with van der Waals surface area (Å²) in [6, 6.07) is 4.31. The Morgan fingerprint density at radius 1 is 1.47 bits per heavy atom. The van der Waals surface area contributed by atoms with Gasteiger partial charge in [-0.05, 0) is 12.1 Å². The van der Waals surface area contributed by atoms with Crippen LogP contribution in [0.15, 0.2) is 18.3 Å². The van der Waals surface area contributed by atoms with Gasteiger partial charge in [0.15, 0.2) is 0 Å². The monoisotopic (exact) mass is 227 g/mol. The molecule has 0 spiro atoms. The van der Waals surface area contributed by atoms with E-state index in [2.05, 4.69) is 29.0 Å². The maximum Gasteiger partial charge on any atom is 0.128 e. The molecule has 84 valence electrons. The van der Waals surface area contributed by atoms with E-state index in [1.54, 1.807) is 6.20 Å². The minimum atomic E-state index is 0.525. The number of hydrogen-bond acceptors (Lipinski definition) is 3. The summed E-state index contributed by atoms with van der Waals surface area (Å²) in [6.45, 7) is 6.17. The first-order valence-corrected chi connectivity index (χ1v) is 5.53. The van der Waals surface area contributed by atoms with Crippen molar-refractivity contribution in [1.29, 1.82) is 0 Å². The normalized spacial score (nSPS) is 10.7. The molecule has 1 N–H and O–H groups in total.